The molecule has 1 aromatic rings. The van der Waals surface area contributed by atoms with E-state index in [0.717, 1.165) is 24.0 Å². The van der Waals surface area contributed by atoms with Crippen molar-refractivity contribution in [1.29, 1.82) is 0 Å². The first-order valence-electron chi connectivity index (χ1n) is 6.91. The molecule has 1 N–H and O–H groups in total. The zero-order valence-electron chi connectivity index (χ0n) is 11.2. The van der Waals surface area contributed by atoms with Crippen molar-refractivity contribution < 1.29 is 19.4 Å². The van der Waals surface area contributed by atoms with Crippen molar-refractivity contribution in [3.8, 4) is 0 Å². The Bertz CT molecular complexity index is 549. The monoisotopic (exact) mass is 275 g/mol. The van der Waals surface area contributed by atoms with Crippen LogP contribution in [-0.2, 0) is 22.5 Å². The van der Waals surface area contributed by atoms with Gasteiger partial charge in [-0.25, -0.2) is 4.79 Å². The molecular weight excluding hydrogens is 258 g/mol. The van der Waals surface area contributed by atoms with Crippen LogP contribution in [0.3, 0.4) is 0 Å². The predicted octanol–water partition coefficient (Wildman–Crippen LogP) is 1.45. The Morgan fingerprint density at radius 1 is 1.35 bits per heavy atom. The molecule has 2 aliphatic heterocycles. The zero-order chi connectivity index (χ0) is 14.1. The summed E-state index contributed by atoms with van der Waals surface area (Å²) < 4.78 is 5.43. The van der Waals surface area contributed by atoms with E-state index in [1.807, 2.05) is 6.07 Å². The Balaban J connectivity index is 1.80. The lowest BCUT2D eigenvalue weighted by molar-refractivity contribution is -0.141. The first-order chi connectivity index (χ1) is 9.66. The molecule has 20 heavy (non-hydrogen) atoms. The van der Waals surface area contributed by atoms with E-state index in [-0.39, 0.29) is 12.0 Å². The lowest BCUT2D eigenvalue weighted by atomic mass is 9.94. The van der Waals surface area contributed by atoms with E-state index in [0.29, 0.717) is 31.7 Å². The van der Waals surface area contributed by atoms with Crippen molar-refractivity contribution in [2.24, 2.45) is 0 Å². The molecule has 3 rings (SSSR count). The maximum atomic E-state index is 12.3. The van der Waals surface area contributed by atoms with Gasteiger partial charge in [-0.15, -0.1) is 0 Å². The number of rotatable bonds is 2. The van der Waals surface area contributed by atoms with Crippen LogP contribution in [0, 0.1) is 0 Å². The average molecular weight is 275 g/mol. The van der Waals surface area contributed by atoms with Gasteiger partial charge in [0.2, 0.25) is 0 Å². The summed E-state index contributed by atoms with van der Waals surface area (Å²) in [6.07, 6.45) is 2.01. The van der Waals surface area contributed by atoms with Crippen LogP contribution in [0.4, 0.5) is 0 Å². The number of carboxylic acids is 1. The van der Waals surface area contributed by atoms with E-state index in [1.165, 1.54) is 0 Å². The number of aromatic carboxylic acids is 1. The van der Waals surface area contributed by atoms with E-state index in [2.05, 4.69) is 0 Å². The molecule has 1 amide bonds. The molecule has 0 unspecified atom stereocenters. The number of carbonyl (C=O) groups excluding carboxylic acids is 1. The summed E-state index contributed by atoms with van der Waals surface area (Å²) in [4.78, 5) is 25.3. The fraction of sp³-hybridized carbons (Fsp3) is 0.467. The zero-order valence-corrected chi connectivity index (χ0v) is 11.2. The van der Waals surface area contributed by atoms with E-state index in [9.17, 15) is 14.7 Å². The predicted molar refractivity (Wildman–Crippen MR) is 71.5 cm³/mol. The molecule has 5 nitrogen and oxygen atoms in total. The second-order valence-electron chi connectivity index (χ2n) is 5.26. The number of amides is 1. The van der Waals surface area contributed by atoms with Crippen molar-refractivity contribution >= 4 is 11.9 Å². The quantitative estimate of drug-likeness (QED) is 0.887. The van der Waals surface area contributed by atoms with Crippen LogP contribution in [0.1, 0.15) is 34.3 Å². The van der Waals surface area contributed by atoms with E-state index >= 15 is 0 Å². The maximum absolute atomic E-state index is 12.3. The minimum Gasteiger partial charge on any atom is -0.478 e. The summed E-state index contributed by atoms with van der Waals surface area (Å²) >= 11 is 0. The van der Waals surface area contributed by atoms with Crippen LogP contribution < -0.4 is 0 Å². The number of carboxylic acid groups (broad SMARTS) is 1. The number of ether oxygens (including phenoxy) is 1. The van der Waals surface area contributed by atoms with Crippen LogP contribution in [0.25, 0.3) is 0 Å². The van der Waals surface area contributed by atoms with Gasteiger partial charge in [0.05, 0.1) is 5.56 Å². The number of benzene rings is 1. The van der Waals surface area contributed by atoms with E-state index < -0.39 is 5.97 Å². The molecule has 1 atom stereocenters. The molecule has 5 heteroatoms. The summed E-state index contributed by atoms with van der Waals surface area (Å²) in [6, 6.07) is 5.26. The normalized spacial score (nSPS) is 21.6. The van der Waals surface area contributed by atoms with Crippen LogP contribution in [0.2, 0.25) is 0 Å². The Labute approximate surface area is 117 Å². The second-order valence-corrected chi connectivity index (χ2v) is 5.26. The topological polar surface area (TPSA) is 66.8 Å². The summed E-state index contributed by atoms with van der Waals surface area (Å²) in [6.45, 7) is 1.70. The molecule has 2 heterocycles. The molecule has 2 aliphatic rings. The van der Waals surface area contributed by atoms with Gasteiger partial charge in [0.15, 0.2) is 0 Å². The third-order valence-corrected chi connectivity index (χ3v) is 4.01. The molecule has 0 radical (unpaired) electrons. The molecule has 1 fully saturated rings. The Morgan fingerprint density at radius 3 is 2.90 bits per heavy atom. The highest BCUT2D eigenvalue weighted by atomic mass is 16.5. The molecule has 1 saturated heterocycles. The van der Waals surface area contributed by atoms with Crippen LogP contribution in [-0.4, -0.2) is 41.1 Å². The van der Waals surface area contributed by atoms with Gasteiger partial charge in [-0.1, -0.05) is 12.1 Å². The molecule has 1 aromatic carbocycles. The summed E-state index contributed by atoms with van der Waals surface area (Å²) in [5, 5.41) is 9.19. The highest BCUT2D eigenvalue weighted by Gasteiger charge is 2.31. The SMILES string of the molecule is O=C(O)c1cccc2c1CCN(C(=O)[C@H]1CCCO1)C2. The largest absolute Gasteiger partial charge is 0.478 e. The minimum atomic E-state index is -0.902. The smallest absolute Gasteiger partial charge is 0.335 e. The average Bonchev–Trinajstić information content (AvgIpc) is 2.99. The van der Waals surface area contributed by atoms with Crippen molar-refractivity contribution in [3.05, 3.63) is 34.9 Å². The Kier molecular flexibility index (Phi) is 3.44. The van der Waals surface area contributed by atoms with Gasteiger partial charge in [0, 0.05) is 19.7 Å². The van der Waals surface area contributed by atoms with Crippen LogP contribution >= 0.6 is 0 Å². The molecule has 0 saturated carbocycles. The Hall–Kier alpha value is -1.88. The first-order valence-corrected chi connectivity index (χ1v) is 6.91. The number of fused-ring (bicyclic) bond motifs is 1. The van der Waals surface area contributed by atoms with Gasteiger partial charge in [-0.2, -0.15) is 0 Å². The number of carbonyl (C=O) groups is 2. The highest BCUT2D eigenvalue weighted by molar-refractivity contribution is 5.90. The molecule has 0 aromatic heterocycles. The summed E-state index contributed by atoms with van der Waals surface area (Å²) in [5.74, 6) is -0.866. The number of hydrogen-bond donors (Lipinski definition) is 1. The first kappa shape index (κ1) is 13.1. The van der Waals surface area contributed by atoms with Gasteiger partial charge >= 0.3 is 5.97 Å². The summed E-state index contributed by atoms with van der Waals surface area (Å²) in [5.41, 5.74) is 2.14. The molecule has 0 bridgehead atoms. The maximum Gasteiger partial charge on any atom is 0.335 e. The van der Waals surface area contributed by atoms with Gasteiger partial charge in [-0.05, 0) is 36.5 Å². The lowest BCUT2D eigenvalue weighted by Crippen LogP contribution is -2.42. The van der Waals surface area contributed by atoms with E-state index in [1.54, 1.807) is 17.0 Å². The highest BCUT2D eigenvalue weighted by Crippen LogP contribution is 2.25. The van der Waals surface area contributed by atoms with Crippen molar-refractivity contribution in [2.75, 3.05) is 13.2 Å². The van der Waals surface area contributed by atoms with Crippen molar-refractivity contribution in [3.63, 3.8) is 0 Å². The standard InChI is InChI=1S/C15H17NO4/c17-14(13-5-2-8-20-13)16-7-6-11-10(9-16)3-1-4-12(11)15(18)19/h1,3-4,13H,2,5-9H2,(H,18,19)/t13-/m1/s1. The minimum absolute atomic E-state index is 0.0360. The van der Waals surface area contributed by atoms with Gasteiger partial charge in [0.1, 0.15) is 6.10 Å². The lowest BCUT2D eigenvalue weighted by Gasteiger charge is -2.31. The second kappa shape index (κ2) is 5.25. The fourth-order valence-corrected chi connectivity index (χ4v) is 2.97. The molecule has 106 valence electrons. The van der Waals surface area contributed by atoms with Crippen LogP contribution in [0.5, 0.6) is 0 Å². The molecule has 0 aliphatic carbocycles. The van der Waals surface area contributed by atoms with Gasteiger partial charge in [-0.3, -0.25) is 4.79 Å². The van der Waals surface area contributed by atoms with Crippen molar-refractivity contribution in [2.45, 2.75) is 31.9 Å². The Morgan fingerprint density at radius 2 is 2.20 bits per heavy atom. The van der Waals surface area contributed by atoms with Gasteiger partial charge in [0.25, 0.3) is 5.91 Å². The molecular formula is C15H17NO4. The summed E-state index contributed by atoms with van der Waals surface area (Å²) in [7, 11) is 0. The molecule has 0 spiro atoms. The van der Waals surface area contributed by atoms with E-state index in [4.69, 9.17) is 4.74 Å². The number of nitrogens with zero attached hydrogens (tertiary/aromatic N) is 1. The fourth-order valence-electron chi connectivity index (χ4n) is 2.97. The third kappa shape index (κ3) is 2.29. The third-order valence-electron chi connectivity index (χ3n) is 4.01. The van der Waals surface area contributed by atoms with Gasteiger partial charge < -0.3 is 14.7 Å². The van der Waals surface area contributed by atoms with Crippen LogP contribution in [0.15, 0.2) is 18.2 Å². The number of hydrogen-bond acceptors (Lipinski definition) is 3. The van der Waals surface area contributed by atoms with Crippen molar-refractivity contribution in [1.82, 2.24) is 4.90 Å².